The molecule has 0 radical (unpaired) electrons. The molecule has 0 saturated carbocycles. The molecule has 164 valence electrons. The van der Waals surface area contributed by atoms with E-state index in [1.54, 1.807) is 13.1 Å². The number of carbonyl (C=O) groups is 1. The summed E-state index contributed by atoms with van der Waals surface area (Å²) in [6.45, 7) is 1.67. The van der Waals surface area contributed by atoms with Gasteiger partial charge < -0.3 is 9.64 Å². The van der Waals surface area contributed by atoms with Gasteiger partial charge in [-0.05, 0) is 67.6 Å². The number of rotatable bonds is 8. The van der Waals surface area contributed by atoms with Crippen LogP contribution in [0.2, 0.25) is 5.02 Å². The quantitative estimate of drug-likeness (QED) is 0.234. The fraction of sp³-hybridized carbons (Fsp3) is 0.0800. The fourth-order valence-corrected chi connectivity index (χ4v) is 4.34. The first-order valence-electron chi connectivity index (χ1n) is 9.89. The van der Waals surface area contributed by atoms with Crippen LogP contribution in [0.1, 0.15) is 6.92 Å². The summed E-state index contributed by atoms with van der Waals surface area (Å²) in [6.07, 6.45) is 4.46. The lowest BCUT2D eigenvalue weighted by Crippen LogP contribution is -2.17. The maximum absolute atomic E-state index is 13.1. The zero-order valence-corrected chi connectivity index (χ0v) is 19.0. The molecule has 0 heterocycles. The van der Waals surface area contributed by atoms with Crippen LogP contribution in [0.4, 0.5) is 11.4 Å². The molecule has 0 unspecified atom stereocenters. The van der Waals surface area contributed by atoms with Crippen LogP contribution in [0.3, 0.4) is 0 Å². The van der Waals surface area contributed by atoms with Crippen LogP contribution in [-0.4, -0.2) is 21.0 Å². The van der Waals surface area contributed by atoms with Gasteiger partial charge in [0.25, 0.3) is 0 Å². The van der Waals surface area contributed by atoms with Crippen LogP contribution in [0, 0.1) is 0 Å². The molecule has 0 aliphatic heterocycles. The van der Waals surface area contributed by atoms with Crippen LogP contribution < -0.4 is 4.90 Å². The third-order valence-electron chi connectivity index (χ3n) is 4.44. The molecule has 5 nitrogen and oxygen atoms in total. The number of benzene rings is 3. The predicted octanol–water partition coefficient (Wildman–Crippen LogP) is 5.91. The number of hydrogen-bond acceptors (Lipinski definition) is 5. The lowest BCUT2D eigenvalue weighted by atomic mass is 10.2. The summed E-state index contributed by atoms with van der Waals surface area (Å²) >= 11 is 5.87. The second-order valence-corrected chi connectivity index (χ2v) is 8.95. The molecule has 0 aliphatic rings. The number of esters is 1. The lowest BCUT2D eigenvalue weighted by Gasteiger charge is -2.20. The summed E-state index contributed by atoms with van der Waals surface area (Å²) < 4.78 is 31.2. The summed E-state index contributed by atoms with van der Waals surface area (Å²) in [6, 6.07) is 24.8. The molecule has 0 N–H and O–H groups in total. The molecule has 0 atom stereocenters. The van der Waals surface area contributed by atoms with Gasteiger partial charge in [-0.25, -0.2) is 13.2 Å². The summed E-state index contributed by atoms with van der Waals surface area (Å²) in [4.78, 5) is 13.9. The first-order valence-corrected chi connectivity index (χ1v) is 11.7. The maximum Gasteiger partial charge on any atom is 0.350 e. The topological polar surface area (TPSA) is 63.7 Å². The average molecular weight is 468 g/mol. The SMILES string of the molecule is CCOC(=O)/C(=C/C=C/N(c1ccccc1)c1ccccc1)S(=O)(=O)c1ccc(Cl)cc1. The van der Waals surface area contributed by atoms with E-state index < -0.39 is 20.7 Å². The van der Waals surface area contributed by atoms with Gasteiger partial charge in [0.15, 0.2) is 4.91 Å². The summed E-state index contributed by atoms with van der Waals surface area (Å²) in [5.41, 5.74) is 1.75. The zero-order valence-electron chi connectivity index (χ0n) is 17.4. The van der Waals surface area contributed by atoms with Crippen molar-refractivity contribution in [1.82, 2.24) is 0 Å². The zero-order chi connectivity index (χ0) is 23.0. The van der Waals surface area contributed by atoms with Crippen LogP contribution in [0.5, 0.6) is 0 Å². The van der Waals surface area contributed by atoms with E-state index in [1.807, 2.05) is 65.6 Å². The Kier molecular flexibility index (Phi) is 7.87. The van der Waals surface area contributed by atoms with Gasteiger partial charge in [-0.1, -0.05) is 48.0 Å². The van der Waals surface area contributed by atoms with E-state index in [-0.39, 0.29) is 11.5 Å². The minimum atomic E-state index is -4.11. The van der Waals surface area contributed by atoms with Crippen molar-refractivity contribution in [2.45, 2.75) is 11.8 Å². The van der Waals surface area contributed by atoms with Gasteiger partial charge in [0.2, 0.25) is 9.84 Å². The Bertz CT molecular complexity index is 1170. The standard InChI is InChI=1S/C25H22ClNO4S/c1-2-31-25(28)24(32(29,30)23-17-15-20(26)16-18-23)14-9-19-27(21-10-5-3-6-11-21)22-12-7-4-8-13-22/h3-19H,2H2,1H3/b19-9+,24-14-. The number of anilines is 2. The Labute approximate surface area is 193 Å². The van der Waals surface area contributed by atoms with Gasteiger partial charge in [-0.3, -0.25) is 0 Å². The molecule has 0 bridgehead atoms. The average Bonchev–Trinajstić information content (AvgIpc) is 2.80. The lowest BCUT2D eigenvalue weighted by molar-refractivity contribution is -0.137. The molecule has 0 aromatic heterocycles. The number of para-hydroxylation sites is 2. The highest BCUT2D eigenvalue weighted by Gasteiger charge is 2.27. The number of ether oxygens (including phenoxy) is 1. The van der Waals surface area contributed by atoms with Gasteiger partial charge in [0, 0.05) is 22.6 Å². The number of halogens is 1. The first kappa shape index (κ1) is 23.3. The van der Waals surface area contributed by atoms with Crippen molar-refractivity contribution < 1.29 is 17.9 Å². The van der Waals surface area contributed by atoms with Gasteiger partial charge in [-0.15, -0.1) is 0 Å². The third-order valence-corrected chi connectivity index (χ3v) is 6.47. The second kappa shape index (κ2) is 10.8. The monoisotopic (exact) mass is 467 g/mol. The largest absolute Gasteiger partial charge is 0.462 e. The minimum Gasteiger partial charge on any atom is -0.462 e. The highest BCUT2D eigenvalue weighted by Crippen LogP contribution is 2.26. The first-order chi connectivity index (χ1) is 15.4. The predicted molar refractivity (Wildman–Crippen MR) is 128 cm³/mol. The number of hydrogen-bond donors (Lipinski definition) is 0. The van der Waals surface area contributed by atoms with E-state index in [0.717, 1.165) is 11.4 Å². The molecule has 0 spiro atoms. The van der Waals surface area contributed by atoms with Crippen LogP contribution in [0.25, 0.3) is 0 Å². The van der Waals surface area contributed by atoms with Crippen LogP contribution >= 0.6 is 11.6 Å². The minimum absolute atomic E-state index is 0.0439. The second-order valence-electron chi connectivity index (χ2n) is 6.59. The van der Waals surface area contributed by atoms with E-state index in [9.17, 15) is 13.2 Å². The summed E-state index contributed by atoms with van der Waals surface area (Å²) in [5.74, 6) is -0.918. The number of carbonyl (C=O) groups excluding carboxylic acids is 1. The van der Waals surface area contributed by atoms with Crippen molar-refractivity contribution in [2.24, 2.45) is 0 Å². The van der Waals surface area contributed by atoms with Crippen molar-refractivity contribution in [3.8, 4) is 0 Å². The number of sulfone groups is 1. The molecule has 32 heavy (non-hydrogen) atoms. The molecular formula is C25H22ClNO4S. The van der Waals surface area contributed by atoms with E-state index in [0.29, 0.717) is 5.02 Å². The van der Waals surface area contributed by atoms with Gasteiger partial charge in [-0.2, -0.15) is 0 Å². The number of nitrogens with zero attached hydrogens (tertiary/aromatic N) is 1. The van der Waals surface area contributed by atoms with Crippen molar-refractivity contribution in [3.63, 3.8) is 0 Å². The van der Waals surface area contributed by atoms with Gasteiger partial charge >= 0.3 is 5.97 Å². The molecular weight excluding hydrogens is 446 g/mol. The maximum atomic E-state index is 13.1. The van der Waals surface area contributed by atoms with E-state index >= 15 is 0 Å². The normalized spacial score (nSPS) is 12.0. The Morgan fingerprint density at radius 3 is 1.94 bits per heavy atom. The van der Waals surface area contributed by atoms with E-state index in [2.05, 4.69) is 0 Å². The van der Waals surface area contributed by atoms with Gasteiger partial charge in [0.05, 0.1) is 11.5 Å². The molecule has 0 aliphatic carbocycles. The highest BCUT2D eigenvalue weighted by atomic mass is 35.5. The molecule has 0 saturated heterocycles. The van der Waals surface area contributed by atoms with Crippen molar-refractivity contribution in [2.75, 3.05) is 11.5 Å². The summed E-state index contributed by atoms with van der Waals surface area (Å²) in [7, 11) is -4.11. The molecule has 3 aromatic carbocycles. The molecule has 3 aromatic rings. The molecule has 3 rings (SSSR count). The summed E-state index contributed by atoms with van der Waals surface area (Å²) in [5, 5.41) is 0.395. The van der Waals surface area contributed by atoms with Crippen LogP contribution in [0.15, 0.2) is 113 Å². The van der Waals surface area contributed by atoms with Gasteiger partial charge in [0.1, 0.15) is 0 Å². The Morgan fingerprint density at radius 1 is 0.906 bits per heavy atom. The Morgan fingerprint density at radius 2 is 1.44 bits per heavy atom. The van der Waals surface area contributed by atoms with E-state index in [1.165, 1.54) is 36.4 Å². The highest BCUT2D eigenvalue weighted by molar-refractivity contribution is 7.96. The third kappa shape index (κ3) is 5.66. The van der Waals surface area contributed by atoms with E-state index in [4.69, 9.17) is 16.3 Å². The fourth-order valence-electron chi connectivity index (χ4n) is 2.93. The van der Waals surface area contributed by atoms with Crippen molar-refractivity contribution in [3.05, 3.63) is 113 Å². The molecule has 7 heteroatoms. The molecule has 0 amide bonds. The van der Waals surface area contributed by atoms with Crippen molar-refractivity contribution in [1.29, 1.82) is 0 Å². The Hall–Kier alpha value is -3.35. The van der Waals surface area contributed by atoms with Crippen molar-refractivity contribution >= 4 is 38.8 Å². The smallest absolute Gasteiger partial charge is 0.350 e. The molecule has 0 fully saturated rings. The number of allylic oxidation sites excluding steroid dienone is 2. The Balaban J connectivity index is 2.02. The van der Waals surface area contributed by atoms with Crippen LogP contribution in [-0.2, 0) is 19.4 Å².